The third kappa shape index (κ3) is 5.23. The van der Waals surface area contributed by atoms with Crippen LogP contribution in [0, 0.1) is 5.92 Å². The quantitative estimate of drug-likeness (QED) is 0.173. The molecule has 0 radical (unpaired) electrons. The van der Waals surface area contributed by atoms with E-state index in [2.05, 4.69) is 0 Å². The highest BCUT2D eigenvalue weighted by Crippen LogP contribution is 2.61. The Hall–Kier alpha value is -5.04. The van der Waals surface area contributed by atoms with Crippen molar-refractivity contribution >= 4 is 54.6 Å². The summed E-state index contributed by atoms with van der Waals surface area (Å²) in [6.07, 6.45) is -0.476. The van der Waals surface area contributed by atoms with Crippen LogP contribution in [0.15, 0.2) is 91.0 Å². The number of amides is 3. The van der Waals surface area contributed by atoms with Gasteiger partial charge in [-0.3, -0.25) is 24.2 Å². The van der Waals surface area contributed by atoms with E-state index in [0.29, 0.717) is 45.5 Å². The lowest BCUT2D eigenvalue weighted by atomic mass is 9.82. The number of nitrogens with zero attached hydrogens (tertiary/aromatic N) is 3. The van der Waals surface area contributed by atoms with Crippen LogP contribution in [0.5, 0.6) is 11.5 Å². The molecule has 4 aliphatic heterocycles. The monoisotopic (exact) mass is 707 g/mol. The van der Waals surface area contributed by atoms with Gasteiger partial charge in [-0.2, -0.15) is 0 Å². The number of aliphatic hydroxyl groups excluding tert-OH is 1. The van der Waals surface area contributed by atoms with Gasteiger partial charge in [0.15, 0.2) is 18.8 Å². The summed E-state index contributed by atoms with van der Waals surface area (Å²) in [6, 6.07) is 27.5. The average Bonchev–Trinajstić information content (AvgIpc) is 3.54. The van der Waals surface area contributed by atoms with E-state index in [1.54, 1.807) is 46.0 Å². The number of aliphatic hydroxyl groups is 1. The minimum atomic E-state index is -3.42. The molecule has 10 nitrogen and oxygen atoms in total. The second kappa shape index (κ2) is 12.3. The maximum Gasteiger partial charge on any atom is 0.269 e. The van der Waals surface area contributed by atoms with Crippen LogP contribution in [0.4, 0.5) is 32.5 Å². The van der Waals surface area contributed by atoms with Gasteiger partial charge in [0.1, 0.15) is 11.5 Å². The smallest absolute Gasteiger partial charge is 0.269 e. The van der Waals surface area contributed by atoms with Gasteiger partial charge >= 0.3 is 0 Å². The number of carbonyl (C=O) groups excluding carboxylic acids is 3. The lowest BCUT2D eigenvalue weighted by molar-refractivity contribution is -0.146. The molecule has 1 N–H and O–H groups in total. The molecular formula is C39H38FN3O7Si. The highest BCUT2D eigenvalue weighted by atomic mass is 28.4. The van der Waals surface area contributed by atoms with Crippen LogP contribution in [-0.2, 0) is 31.3 Å². The molecule has 12 heteroatoms. The maximum atomic E-state index is 16.1. The van der Waals surface area contributed by atoms with Crippen molar-refractivity contribution < 1.29 is 37.8 Å². The zero-order chi connectivity index (χ0) is 35.7. The summed E-state index contributed by atoms with van der Waals surface area (Å²) in [4.78, 5) is 46.1. The van der Waals surface area contributed by atoms with Crippen LogP contribution in [0.3, 0.4) is 0 Å². The van der Waals surface area contributed by atoms with Crippen molar-refractivity contribution in [2.24, 2.45) is 5.92 Å². The van der Waals surface area contributed by atoms with Gasteiger partial charge in [-0.1, -0.05) is 43.3 Å². The summed E-state index contributed by atoms with van der Waals surface area (Å²) in [5, 5.41) is 9.99. The molecule has 262 valence electrons. The Balaban J connectivity index is 1.20. The SMILES string of the molecule is C[C@H]1[C@H]([Si](C)(C)F)[C@@H](CCO)O[C@]12C(=O)N(Cc1ccc(N3C(=O)COc4ccccc43)cc1)c1ccc(N3C(=O)COc4ccccc43)cc12. The number of halogens is 1. The first-order chi connectivity index (χ1) is 24.5. The van der Waals surface area contributed by atoms with Crippen molar-refractivity contribution in [1.29, 1.82) is 0 Å². The molecule has 4 aromatic rings. The van der Waals surface area contributed by atoms with E-state index in [4.69, 9.17) is 14.2 Å². The molecule has 1 spiro atoms. The fourth-order valence-electron chi connectivity index (χ4n) is 8.43. The number of carbonyl (C=O) groups is 3. The van der Waals surface area contributed by atoms with Gasteiger partial charge < -0.3 is 28.3 Å². The average molecular weight is 708 g/mol. The largest absolute Gasteiger partial charge is 0.482 e. The molecule has 0 aromatic heterocycles. The molecule has 4 aromatic carbocycles. The molecule has 0 bridgehead atoms. The minimum Gasteiger partial charge on any atom is -0.482 e. The fourth-order valence-corrected chi connectivity index (χ4v) is 11.0. The zero-order valence-corrected chi connectivity index (χ0v) is 29.5. The predicted molar refractivity (Wildman–Crippen MR) is 192 cm³/mol. The molecule has 4 atom stereocenters. The number of rotatable bonds is 7. The molecule has 51 heavy (non-hydrogen) atoms. The van der Waals surface area contributed by atoms with Crippen molar-refractivity contribution in [2.75, 3.05) is 34.5 Å². The Labute approximate surface area is 296 Å². The Morgan fingerprint density at radius 3 is 1.96 bits per heavy atom. The highest BCUT2D eigenvalue weighted by molar-refractivity contribution is 6.72. The van der Waals surface area contributed by atoms with E-state index in [9.17, 15) is 19.5 Å². The summed E-state index contributed by atoms with van der Waals surface area (Å²) >= 11 is 0. The first-order valence-corrected chi connectivity index (χ1v) is 20.1. The standard InChI is InChI=1S/C39H38FN3O7Si/c1-24-37(51(2,3)40)34(18-19-44)50-39(24)28-20-27(43-31-9-5-7-11-33(31)49-23-36(43)46)16-17-29(28)41(38(39)47)21-25-12-14-26(15-13-25)42-30-8-4-6-10-32(30)48-22-35(42)45/h4-17,20,24,34,37,44H,18-19,21-23H2,1-3H3/t24-,34+,37-,39+/m0/s1. The maximum absolute atomic E-state index is 16.1. The summed E-state index contributed by atoms with van der Waals surface area (Å²) in [7, 11) is -3.42. The molecule has 0 saturated carbocycles. The summed E-state index contributed by atoms with van der Waals surface area (Å²) in [6.45, 7) is 4.88. The molecule has 1 fully saturated rings. The van der Waals surface area contributed by atoms with Gasteiger partial charge in [-0.25, -0.2) is 0 Å². The molecule has 4 aliphatic rings. The topological polar surface area (TPSA) is 109 Å². The van der Waals surface area contributed by atoms with E-state index in [1.807, 2.05) is 79.7 Å². The van der Waals surface area contributed by atoms with Crippen LogP contribution in [0.25, 0.3) is 0 Å². The number of ether oxygens (including phenoxy) is 3. The molecule has 1 saturated heterocycles. The highest BCUT2D eigenvalue weighted by Gasteiger charge is 2.66. The number of para-hydroxylation sites is 4. The van der Waals surface area contributed by atoms with Gasteiger partial charge in [0.05, 0.1) is 29.7 Å². The van der Waals surface area contributed by atoms with E-state index in [-0.39, 0.29) is 50.5 Å². The first-order valence-electron chi connectivity index (χ1n) is 17.2. The number of fused-ring (bicyclic) bond motifs is 4. The Morgan fingerprint density at radius 1 is 0.804 bits per heavy atom. The van der Waals surface area contributed by atoms with Crippen LogP contribution in [0.2, 0.25) is 18.6 Å². The lowest BCUT2D eigenvalue weighted by Gasteiger charge is -2.32. The van der Waals surface area contributed by atoms with E-state index in [0.717, 1.165) is 5.56 Å². The second-order valence-corrected chi connectivity index (χ2v) is 17.8. The van der Waals surface area contributed by atoms with Crippen LogP contribution < -0.4 is 24.2 Å². The summed E-state index contributed by atoms with van der Waals surface area (Å²) < 4.78 is 34.2. The second-order valence-electron chi connectivity index (χ2n) is 14.0. The van der Waals surface area contributed by atoms with E-state index >= 15 is 4.11 Å². The third-order valence-corrected chi connectivity index (χ3v) is 13.0. The number of benzene rings is 4. The van der Waals surface area contributed by atoms with Gasteiger partial charge in [-0.15, -0.1) is 0 Å². The van der Waals surface area contributed by atoms with E-state index < -0.39 is 31.6 Å². The lowest BCUT2D eigenvalue weighted by Crippen LogP contribution is -2.45. The Kier molecular flexibility index (Phi) is 8.00. The van der Waals surface area contributed by atoms with Gasteiger partial charge in [-0.05, 0) is 79.7 Å². The number of anilines is 5. The van der Waals surface area contributed by atoms with Crippen molar-refractivity contribution in [3.05, 3.63) is 102 Å². The normalized spacial score (nSPS) is 24.0. The van der Waals surface area contributed by atoms with Gasteiger partial charge in [0, 0.05) is 35.0 Å². The van der Waals surface area contributed by atoms with Crippen LogP contribution in [-0.4, -0.2) is 57.2 Å². The zero-order valence-electron chi connectivity index (χ0n) is 28.5. The number of hydrogen-bond donors (Lipinski definition) is 1. The molecule has 8 rings (SSSR count). The van der Waals surface area contributed by atoms with Gasteiger partial charge in [0.2, 0.25) is 8.41 Å². The van der Waals surface area contributed by atoms with Crippen LogP contribution >= 0.6 is 0 Å². The van der Waals surface area contributed by atoms with E-state index in [1.165, 1.54) is 0 Å². The molecular weight excluding hydrogens is 670 g/mol. The Morgan fingerprint density at radius 2 is 1.37 bits per heavy atom. The molecule has 4 heterocycles. The molecule has 0 aliphatic carbocycles. The van der Waals surface area contributed by atoms with Crippen molar-refractivity contribution in [1.82, 2.24) is 0 Å². The number of hydrogen-bond acceptors (Lipinski definition) is 7. The van der Waals surface area contributed by atoms with Crippen molar-refractivity contribution in [3.8, 4) is 11.5 Å². The van der Waals surface area contributed by atoms with Crippen LogP contribution in [0.1, 0.15) is 24.5 Å². The molecule has 3 amide bonds. The predicted octanol–water partition coefficient (Wildman–Crippen LogP) is 6.51. The third-order valence-electron chi connectivity index (χ3n) is 10.6. The fraction of sp³-hybridized carbons (Fsp3) is 0.308. The van der Waals surface area contributed by atoms with Crippen molar-refractivity contribution in [3.63, 3.8) is 0 Å². The minimum absolute atomic E-state index is 0.0709. The van der Waals surface area contributed by atoms with Crippen molar-refractivity contribution in [2.45, 2.75) is 50.2 Å². The summed E-state index contributed by atoms with van der Waals surface area (Å²) in [5.41, 5.74) is 2.31. The Bertz CT molecular complexity index is 2050. The van der Waals surface area contributed by atoms with Gasteiger partial charge in [0.25, 0.3) is 17.7 Å². The summed E-state index contributed by atoms with van der Waals surface area (Å²) in [5.74, 6) is -0.151. The first kappa shape index (κ1) is 33.1. The molecule has 0 unspecified atom stereocenters.